The van der Waals surface area contributed by atoms with Gasteiger partial charge in [-0.05, 0) is 48.4 Å². The first kappa shape index (κ1) is 31.5. The highest BCUT2D eigenvalue weighted by molar-refractivity contribution is 7.92. The molecule has 0 aromatic heterocycles. The number of carbonyl (C=O) groups excluding carboxylic acids is 2. The van der Waals surface area contributed by atoms with E-state index in [1.165, 1.54) is 24.1 Å². The van der Waals surface area contributed by atoms with Crippen LogP contribution in [0.4, 0.5) is 5.69 Å². The van der Waals surface area contributed by atoms with Gasteiger partial charge in [-0.3, -0.25) is 13.9 Å². The molecule has 12 heteroatoms. The number of hydrogen-bond acceptors (Lipinski definition) is 5. The van der Waals surface area contributed by atoms with E-state index in [1.807, 2.05) is 30.3 Å². The van der Waals surface area contributed by atoms with Gasteiger partial charge in [0.05, 0.1) is 19.1 Å². The van der Waals surface area contributed by atoms with Crippen LogP contribution < -0.4 is 14.4 Å². The van der Waals surface area contributed by atoms with Crippen LogP contribution in [-0.4, -0.2) is 57.6 Å². The molecule has 0 heterocycles. The summed E-state index contributed by atoms with van der Waals surface area (Å²) in [5.41, 5.74) is 1.44. The number of benzene rings is 3. The lowest BCUT2D eigenvalue weighted by molar-refractivity contribution is -0.140. The van der Waals surface area contributed by atoms with Crippen LogP contribution in [-0.2, 0) is 32.6 Å². The summed E-state index contributed by atoms with van der Waals surface area (Å²) in [5, 5.41) is 3.76. The van der Waals surface area contributed by atoms with Crippen molar-refractivity contribution in [3.05, 3.63) is 92.9 Å². The SMILES string of the molecule is CCNC(=O)C(Cc1ccccc1)N(Cc1ccc(Cl)cc1Cl)C(=O)CN(c1cc(Cl)ccc1OC)S(C)(=O)=O. The molecule has 0 saturated carbocycles. The minimum atomic E-state index is -3.99. The second-order valence-electron chi connectivity index (χ2n) is 8.94. The van der Waals surface area contributed by atoms with Gasteiger partial charge in [-0.25, -0.2) is 8.42 Å². The fraction of sp³-hybridized carbons (Fsp3) is 0.286. The van der Waals surface area contributed by atoms with E-state index in [9.17, 15) is 18.0 Å². The maximum Gasteiger partial charge on any atom is 0.244 e. The Balaban J connectivity index is 2.11. The fourth-order valence-corrected chi connectivity index (χ4v) is 5.61. The van der Waals surface area contributed by atoms with E-state index in [2.05, 4.69) is 5.32 Å². The number of amides is 2. The van der Waals surface area contributed by atoms with Gasteiger partial charge in [0.15, 0.2) is 0 Å². The van der Waals surface area contributed by atoms with Crippen LogP contribution in [0.15, 0.2) is 66.7 Å². The van der Waals surface area contributed by atoms with Crippen LogP contribution >= 0.6 is 34.8 Å². The summed E-state index contributed by atoms with van der Waals surface area (Å²) in [6.45, 7) is 1.42. The summed E-state index contributed by atoms with van der Waals surface area (Å²) in [6.07, 6.45) is 1.16. The fourth-order valence-electron chi connectivity index (χ4n) is 4.13. The molecule has 3 aromatic rings. The van der Waals surface area contributed by atoms with Crippen LogP contribution in [0, 0.1) is 0 Å². The Hall–Kier alpha value is -2.98. The van der Waals surface area contributed by atoms with Crippen LogP contribution in [0.2, 0.25) is 15.1 Å². The molecule has 1 atom stereocenters. The Morgan fingerprint density at radius 2 is 1.62 bits per heavy atom. The van der Waals surface area contributed by atoms with E-state index >= 15 is 0 Å². The average Bonchev–Trinajstić information content (AvgIpc) is 2.90. The molecule has 0 spiro atoms. The highest BCUT2D eigenvalue weighted by atomic mass is 35.5. The van der Waals surface area contributed by atoms with E-state index in [0.717, 1.165) is 16.1 Å². The second kappa shape index (κ2) is 14.1. The molecule has 0 aliphatic rings. The van der Waals surface area contributed by atoms with Crippen LogP contribution in [0.25, 0.3) is 0 Å². The number of ether oxygens (including phenoxy) is 1. The normalized spacial score (nSPS) is 11.9. The van der Waals surface area contributed by atoms with Crippen molar-refractivity contribution in [2.75, 3.05) is 30.8 Å². The third kappa shape index (κ3) is 8.27. The zero-order valence-corrected chi connectivity index (χ0v) is 25.3. The van der Waals surface area contributed by atoms with E-state index < -0.39 is 34.4 Å². The zero-order valence-electron chi connectivity index (χ0n) is 22.2. The lowest BCUT2D eigenvalue weighted by Crippen LogP contribution is -2.53. The van der Waals surface area contributed by atoms with Gasteiger partial charge in [0.2, 0.25) is 21.8 Å². The third-order valence-electron chi connectivity index (χ3n) is 6.07. The number of sulfonamides is 1. The van der Waals surface area contributed by atoms with Crippen molar-refractivity contribution in [1.82, 2.24) is 10.2 Å². The number of carbonyl (C=O) groups is 2. The summed E-state index contributed by atoms with van der Waals surface area (Å²) in [7, 11) is -2.61. The van der Waals surface area contributed by atoms with Crippen molar-refractivity contribution < 1.29 is 22.7 Å². The van der Waals surface area contributed by atoms with Gasteiger partial charge in [0, 0.05) is 34.6 Å². The number of halogens is 3. The van der Waals surface area contributed by atoms with Crippen molar-refractivity contribution in [2.45, 2.75) is 25.9 Å². The van der Waals surface area contributed by atoms with Crippen LogP contribution in [0.5, 0.6) is 5.75 Å². The Bertz CT molecular complexity index is 1450. The first-order valence-electron chi connectivity index (χ1n) is 12.3. The van der Waals surface area contributed by atoms with E-state index in [4.69, 9.17) is 39.5 Å². The molecule has 0 aliphatic heterocycles. The number of nitrogens with one attached hydrogen (secondary N) is 1. The largest absolute Gasteiger partial charge is 0.495 e. The molecule has 40 heavy (non-hydrogen) atoms. The van der Waals surface area contributed by atoms with Crippen LogP contribution in [0.3, 0.4) is 0 Å². The first-order valence-corrected chi connectivity index (χ1v) is 15.3. The topological polar surface area (TPSA) is 96.0 Å². The lowest BCUT2D eigenvalue weighted by atomic mass is 10.0. The van der Waals surface area contributed by atoms with E-state index in [0.29, 0.717) is 22.2 Å². The minimum absolute atomic E-state index is 0.0756. The third-order valence-corrected chi connectivity index (χ3v) is 8.02. The van der Waals surface area contributed by atoms with Gasteiger partial charge < -0.3 is 15.0 Å². The Morgan fingerprint density at radius 3 is 2.23 bits per heavy atom. The summed E-state index contributed by atoms with van der Waals surface area (Å²) in [5.74, 6) is -0.818. The molecule has 0 radical (unpaired) electrons. The average molecular weight is 627 g/mol. The van der Waals surface area contributed by atoms with E-state index in [-0.39, 0.29) is 29.4 Å². The molecule has 3 aromatic carbocycles. The van der Waals surface area contributed by atoms with Gasteiger partial charge in [0.1, 0.15) is 18.3 Å². The standard InChI is InChI=1S/C28H30Cl3N3O5S/c1-4-32-28(36)25(14-19-8-6-5-7-9-19)33(17-20-10-11-21(29)15-23(20)31)27(35)18-34(40(3,37)38)24-16-22(30)12-13-26(24)39-2/h5-13,15-16,25H,4,14,17-18H2,1-3H3,(H,32,36). The molecule has 0 fully saturated rings. The van der Waals surface area contributed by atoms with Crippen LogP contribution in [0.1, 0.15) is 18.1 Å². The Labute approximate surface area is 249 Å². The molecule has 2 amide bonds. The Kier molecular flexibility index (Phi) is 11.1. The molecular weight excluding hydrogens is 597 g/mol. The van der Waals surface area contributed by atoms with Crippen molar-refractivity contribution in [3.8, 4) is 5.75 Å². The van der Waals surface area contributed by atoms with E-state index in [1.54, 1.807) is 31.2 Å². The maximum atomic E-state index is 14.1. The molecule has 1 N–H and O–H groups in total. The number of hydrogen-bond donors (Lipinski definition) is 1. The monoisotopic (exact) mass is 625 g/mol. The maximum absolute atomic E-state index is 14.1. The molecule has 3 rings (SSSR count). The first-order chi connectivity index (χ1) is 18.9. The molecule has 0 saturated heterocycles. The second-order valence-corrected chi connectivity index (χ2v) is 12.1. The van der Waals surface area contributed by atoms with Crippen molar-refractivity contribution >= 4 is 62.3 Å². The highest BCUT2D eigenvalue weighted by Crippen LogP contribution is 2.33. The number of methoxy groups -OCH3 is 1. The van der Waals surface area contributed by atoms with Crippen molar-refractivity contribution in [2.24, 2.45) is 0 Å². The predicted octanol–water partition coefficient (Wildman–Crippen LogP) is 5.20. The molecular formula is C28H30Cl3N3O5S. The smallest absolute Gasteiger partial charge is 0.244 e. The molecule has 8 nitrogen and oxygen atoms in total. The van der Waals surface area contributed by atoms with Gasteiger partial charge in [-0.2, -0.15) is 0 Å². The number of nitrogens with zero attached hydrogens (tertiary/aromatic N) is 2. The quantitative estimate of drug-likeness (QED) is 0.298. The highest BCUT2D eigenvalue weighted by Gasteiger charge is 2.34. The lowest BCUT2D eigenvalue weighted by Gasteiger charge is -2.34. The predicted molar refractivity (Wildman–Crippen MR) is 160 cm³/mol. The van der Waals surface area contributed by atoms with Gasteiger partial charge >= 0.3 is 0 Å². The summed E-state index contributed by atoms with van der Waals surface area (Å²) in [6, 6.07) is 17.5. The summed E-state index contributed by atoms with van der Waals surface area (Å²) in [4.78, 5) is 28.8. The van der Waals surface area contributed by atoms with Crippen molar-refractivity contribution in [1.29, 1.82) is 0 Å². The molecule has 0 bridgehead atoms. The van der Waals surface area contributed by atoms with Gasteiger partial charge in [-0.1, -0.05) is 71.2 Å². The van der Waals surface area contributed by atoms with Gasteiger partial charge in [0.25, 0.3) is 0 Å². The molecule has 1 unspecified atom stereocenters. The van der Waals surface area contributed by atoms with Gasteiger partial charge in [-0.15, -0.1) is 0 Å². The summed E-state index contributed by atoms with van der Waals surface area (Å²) < 4.78 is 32.2. The molecule has 0 aliphatic carbocycles. The zero-order chi connectivity index (χ0) is 29.4. The molecule has 214 valence electrons. The van der Waals surface area contributed by atoms with Crippen molar-refractivity contribution in [3.63, 3.8) is 0 Å². The minimum Gasteiger partial charge on any atom is -0.495 e. The number of anilines is 1. The number of likely N-dealkylation sites (N-methyl/N-ethyl adjacent to an activating group) is 1. The number of rotatable bonds is 12. The summed E-state index contributed by atoms with van der Waals surface area (Å²) >= 11 is 18.7. The Morgan fingerprint density at radius 1 is 0.975 bits per heavy atom.